The predicted octanol–water partition coefficient (Wildman–Crippen LogP) is 1.82. The third-order valence-corrected chi connectivity index (χ3v) is 2.81. The number of alkyl halides is 3. The zero-order valence-corrected chi connectivity index (χ0v) is 10.4. The number of rotatable bonds is 3. The number of halogens is 3. The van der Waals surface area contributed by atoms with Crippen LogP contribution in [-0.4, -0.2) is 43.9 Å². The maximum Gasteiger partial charge on any atom is 0.422 e. The predicted molar refractivity (Wildman–Crippen MR) is 65.5 cm³/mol. The minimum Gasteiger partial charge on any atom is -0.482 e. The highest BCUT2D eigenvalue weighted by Crippen LogP contribution is 2.22. The summed E-state index contributed by atoms with van der Waals surface area (Å²) < 4.78 is 41.0. The second-order valence-corrected chi connectivity index (χ2v) is 4.37. The Hall–Kier alpha value is -1.50. The van der Waals surface area contributed by atoms with E-state index in [1.807, 2.05) is 0 Å². The normalized spacial score (nSPS) is 17.1. The summed E-state index contributed by atoms with van der Waals surface area (Å²) in [4.78, 5) is 6.03. The molecule has 1 saturated heterocycles. The lowest BCUT2D eigenvalue weighted by atomic mass is 10.3. The Bertz CT molecular complexity index is 403. The van der Waals surface area contributed by atoms with Gasteiger partial charge in [0.05, 0.1) is 18.1 Å². The van der Waals surface area contributed by atoms with Crippen LogP contribution in [0.4, 0.5) is 18.9 Å². The van der Waals surface area contributed by atoms with E-state index in [0.717, 1.165) is 38.3 Å². The van der Waals surface area contributed by atoms with Crippen LogP contribution in [0.25, 0.3) is 0 Å². The van der Waals surface area contributed by atoms with E-state index in [1.54, 1.807) is 12.3 Å². The van der Waals surface area contributed by atoms with Gasteiger partial charge < -0.3 is 15.0 Å². The molecule has 106 valence electrons. The number of nitrogens with one attached hydrogen (secondary N) is 1. The lowest BCUT2D eigenvalue weighted by Gasteiger charge is -2.22. The SMILES string of the molecule is FC(F)(F)COc1cncc(N2CCCNCC2)c1. The molecule has 1 aromatic heterocycles. The number of anilines is 1. The van der Waals surface area contributed by atoms with Crippen LogP contribution in [0.3, 0.4) is 0 Å². The van der Waals surface area contributed by atoms with Gasteiger partial charge in [-0.25, -0.2) is 0 Å². The minimum atomic E-state index is -4.33. The molecular formula is C12H16F3N3O. The van der Waals surface area contributed by atoms with Gasteiger partial charge in [0.15, 0.2) is 6.61 Å². The Morgan fingerprint density at radius 2 is 2.11 bits per heavy atom. The topological polar surface area (TPSA) is 37.4 Å². The smallest absolute Gasteiger partial charge is 0.422 e. The number of pyridine rings is 1. The van der Waals surface area contributed by atoms with Crippen molar-refractivity contribution in [1.82, 2.24) is 10.3 Å². The van der Waals surface area contributed by atoms with Crippen LogP contribution in [0.1, 0.15) is 6.42 Å². The van der Waals surface area contributed by atoms with Crippen molar-refractivity contribution in [2.24, 2.45) is 0 Å². The zero-order chi connectivity index (χ0) is 13.7. The molecule has 2 heterocycles. The van der Waals surface area contributed by atoms with Crippen molar-refractivity contribution in [1.29, 1.82) is 0 Å². The van der Waals surface area contributed by atoms with E-state index in [1.165, 1.54) is 6.20 Å². The fourth-order valence-electron chi connectivity index (χ4n) is 1.93. The van der Waals surface area contributed by atoms with E-state index in [0.29, 0.717) is 0 Å². The molecule has 1 aromatic rings. The van der Waals surface area contributed by atoms with E-state index in [4.69, 9.17) is 4.74 Å². The first-order chi connectivity index (χ1) is 9.04. The molecule has 1 aliphatic heterocycles. The standard InChI is InChI=1S/C12H16F3N3O/c13-12(14,15)9-19-11-6-10(7-17-8-11)18-4-1-2-16-3-5-18/h6-8,16H,1-5,9H2. The number of hydrogen-bond acceptors (Lipinski definition) is 4. The van der Waals surface area contributed by atoms with Gasteiger partial charge in [0.1, 0.15) is 5.75 Å². The van der Waals surface area contributed by atoms with Crippen LogP contribution in [0.2, 0.25) is 0 Å². The third kappa shape index (κ3) is 4.59. The fraction of sp³-hybridized carbons (Fsp3) is 0.583. The summed E-state index contributed by atoms with van der Waals surface area (Å²) in [6.07, 6.45) is -0.396. The monoisotopic (exact) mass is 275 g/mol. The summed E-state index contributed by atoms with van der Waals surface area (Å²) >= 11 is 0. The largest absolute Gasteiger partial charge is 0.482 e. The van der Waals surface area contributed by atoms with Crippen molar-refractivity contribution < 1.29 is 17.9 Å². The maximum absolute atomic E-state index is 12.1. The first-order valence-corrected chi connectivity index (χ1v) is 6.15. The van der Waals surface area contributed by atoms with Crippen LogP contribution in [0.15, 0.2) is 18.5 Å². The van der Waals surface area contributed by atoms with Gasteiger partial charge in [0, 0.05) is 25.7 Å². The highest BCUT2D eigenvalue weighted by Gasteiger charge is 2.28. The molecule has 0 atom stereocenters. The summed E-state index contributed by atoms with van der Waals surface area (Å²) in [6.45, 7) is 2.18. The van der Waals surface area contributed by atoms with Crippen LogP contribution in [-0.2, 0) is 0 Å². The van der Waals surface area contributed by atoms with Gasteiger partial charge in [0.2, 0.25) is 0 Å². The molecular weight excluding hydrogens is 259 g/mol. The molecule has 0 spiro atoms. The highest BCUT2D eigenvalue weighted by molar-refractivity contribution is 5.48. The van der Waals surface area contributed by atoms with E-state index in [-0.39, 0.29) is 5.75 Å². The molecule has 0 saturated carbocycles. The van der Waals surface area contributed by atoms with Crippen LogP contribution >= 0.6 is 0 Å². The lowest BCUT2D eigenvalue weighted by Crippen LogP contribution is -2.28. The first-order valence-electron chi connectivity index (χ1n) is 6.15. The second-order valence-electron chi connectivity index (χ2n) is 4.37. The Balaban J connectivity index is 2.01. The fourth-order valence-corrected chi connectivity index (χ4v) is 1.93. The lowest BCUT2D eigenvalue weighted by molar-refractivity contribution is -0.153. The van der Waals surface area contributed by atoms with Gasteiger partial charge in [-0.2, -0.15) is 13.2 Å². The van der Waals surface area contributed by atoms with Gasteiger partial charge >= 0.3 is 6.18 Å². The third-order valence-electron chi connectivity index (χ3n) is 2.81. The van der Waals surface area contributed by atoms with Gasteiger partial charge in [-0.1, -0.05) is 0 Å². The average molecular weight is 275 g/mol. The number of aromatic nitrogens is 1. The van der Waals surface area contributed by atoms with Crippen molar-refractivity contribution in [3.8, 4) is 5.75 Å². The van der Waals surface area contributed by atoms with Crippen LogP contribution in [0, 0.1) is 0 Å². The van der Waals surface area contributed by atoms with E-state index >= 15 is 0 Å². The van der Waals surface area contributed by atoms with Gasteiger partial charge in [-0.05, 0) is 13.0 Å². The van der Waals surface area contributed by atoms with Crippen LogP contribution in [0.5, 0.6) is 5.75 Å². The van der Waals surface area contributed by atoms with Crippen molar-refractivity contribution in [2.45, 2.75) is 12.6 Å². The molecule has 1 fully saturated rings. The Labute approximate surface area is 109 Å². The summed E-state index contributed by atoms with van der Waals surface area (Å²) in [7, 11) is 0. The van der Waals surface area contributed by atoms with E-state index in [2.05, 4.69) is 15.2 Å². The number of nitrogens with zero attached hydrogens (tertiary/aromatic N) is 2. The summed E-state index contributed by atoms with van der Waals surface area (Å²) in [5.41, 5.74) is 0.795. The quantitative estimate of drug-likeness (QED) is 0.913. The number of ether oxygens (including phenoxy) is 1. The first kappa shape index (κ1) is 13.9. The molecule has 0 aromatic carbocycles. The number of hydrogen-bond donors (Lipinski definition) is 1. The van der Waals surface area contributed by atoms with Gasteiger partial charge in [0.25, 0.3) is 0 Å². The van der Waals surface area contributed by atoms with Crippen molar-refractivity contribution in [2.75, 3.05) is 37.7 Å². The Morgan fingerprint density at radius 3 is 2.89 bits per heavy atom. The molecule has 4 nitrogen and oxygen atoms in total. The molecule has 1 N–H and O–H groups in total. The highest BCUT2D eigenvalue weighted by atomic mass is 19.4. The van der Waals surface area contributed by atoms with Crippen molar-refractivity contribution in [3.63, 3.8) is 0 Å². The molecule has 19 heavy (non-hydrogen) atoms. The van der Waals surface area contributed by atoms with Gasteiger partial charge in [-0.3, -0.25) is 4.98 Å². The molecule has 0 radical (unpaired) electrons. The van der Waals surface area contributed by atoms with Crippen molar-refractivity contribution in [3.05, 3.63) is 18.5 Å². The summed E-state index contributed by atoms with van der Waals surface area (Å²) in [5, 5.41) is 3.26. The summed E-state index contributed by atoms with van der Waals surface area (Å²) in [6, 6.07) is 1.60. The van der Waals surface area contributed by atoms with Gasteiger partial charge in [-0.15, -0.1) is 0 Å². The van der Waals surface area contributed by atoms with Crippen molar-refractivity contribution >= 4 is 5.69 Å². The Morgan fingerprint density at radius 1 is 1.26 bits per heavy atom. The van der Waals surface area contributed by atoms with E-state index in [9.17, 15) is 13.2 Å². The zero-order valence-electron chi connectivity index (χ0n) is 10.4. The molecule has 1 aliphatic rings. The molecule has 7 heteroatoms. The molecule has 2 rings (SSSR count). The van der Waals surface area contributed by atoms with E-state index < -0.39 is 12.8 Å². The molecule has 0 unspecified atom stereocenters. The van der Waals surface area contributed by atoms with Crippen LogP contribution < -0.4 is 15.0 Å². The Kier molecular flexibility index (Phi) is 4.47. The average Bonchev–Trinajstić information content (AvgIpc) is 2.65. The minimum absolute atomic E-state index is 0.145. The summed E-state index contributed by atoms with van der Waals surface area (Å²) in [5.74, 6) is 0.145. The molecule has 0 bridgehead atoms. The molecule has 0 aliphatic carbocycles. The molecule has 0 amide bonds. The maximum atomic E-state index is 12.1. The second kappa shape index (κ2) is 6.10.